The molecule has 0 radical (unpaired) electrons. The lowest BCUT2D eigenvalue weighted by Gasteiger charge is -2.15. The Kier molecular flexibility index (Phi) is 6.86. The third kappa shape index (κ3) is 5.50. The number of nitrogens with zero attached hydrogens (tertiary/aromatic N) is 1. The van der Waals surface area contributed by atoms with Crippen LogP contribution in [0.3, 0.4) is 0 Å². The van der Waals surface area contributed by atoms with Gasteiger partial charge in [0.05, 0.1) is 11.6 Å². The molecule has 140 valence electrons. The number of nitrogens with two attached hydrogens (primary N) is 1. The minimum absolute atomic E-state index is 0.169. The SMILES string of the molecule is CCOc1cc(/C=C(\C#N)C(N)=O)cc(Cl)c1OCc1cc(C)cc(C)c1. The highest BCUT2D eigenvalue weighted by Gasteiger charge is 2.14. The third-order valence-corrected chi connectivity index (χ3v) is 3.97. The zero-order chi connectivity index (χ0) is 20.0. The van der Waals surface area contributed by atoms with Crippen molar-refractivity contribution in [3.05, 3.63) is 63.2 Å². The summed E-state index contributed by atoms with van der Waals surface area (Å²) in [6.07, 6.45) is 1.37. The smallest absolute Gasteiger partial charge is 0.259 e. The number of amides is 1. The van der Waals surface area contributed by atoms with Crippen LogP contribution in [0.2, 0.25) is 5.02 Å². The molecule has 27 heavy (non-hydrogen) atoms. The molecule has 0 atom stereocenters. The Hall–Kier alpha value is -2.97. The average Bonchev–Trinajstić information content (AvgIpc) is 2.58. The van der Waals surface area contributed by atoms with Gasteiger partial charge in [0.2, 0.25) is 0 Å². The van der Waals surface area contributed by atoms with Crippen LogP contribution in [0.1, 0.15) is 29.2 Å². The molecule has 0 aliphatic rings. The number of nitriles is 1. The Morgan fingerprint density at radius 1 is 1.19 bits per heavy atom. The molecule has 2 N–H and O–H groups in total. The molecule has 6 heteroatoms. The number of ether oxygens (including phenoxy) is 2. The van der Waals surface area contributed by atoms with E-state index in [0.717, 1.165) is 16.7 Å². The molecule has 0 aliphatic heterocycles. The fourth-order valence-electron chi connectivity index (χ4n) is 2.71. The van der Waals surface area contributed by atoms with Crippen LogP contribution < -0.4 is 15.2 Å². The predicted octanol–water partition coefficient (Wildman–Crippen LogP) is 4.33. The van der Waals surface area contributed by atoms with E-state index in [2.05, 4.69) is 6.07 Å². The molecule has 1 amide bonds. The molecule has 0 fully saturated rings. The first-order chi connectivity index (χ1) is 12.8. The molecule has 0 bridgehead atoms. The van der Waals surface area contributed by atoms with Gasteiger partial charge in [-0.1, -0.05) is 40.9 Å². The van der Waals surface area contributed by atoms with Gasteiger partial charge in [0, 0.05) is 0 Å². The van der Waals surface area contributed by atoms with Crippen LogP contribution in [-0.2, 0) is 11.4 Å². The maximum absolute atomic E-state index is 11.3. The second-order valence-electron chi connectivity index (χ2n) is 6.08. The molecular formula is C21H21ClN2O3. The largest absolute Gasteiger partial charge is 0.490 e. The number of aryl methyl sites for hydroxylation is 2. The number of primary amides is 1. The van der Waals surface area contributed by atoms with Gasteiger partial charge in [-0.3, -0.25) is 4.79 Å². The van der Waals surface area contributed by atoms with Crippen molar-refractivity contribution in [2.45, 2.75) is 27.4 Å². The van der Waals surface area contributed by atoms with Crippen molar-refractivity contribution in [1.29, 1.82) is 5.26 Å². The highest BCUT2D eigenvalue weighted by molar-refractivity contribution is 6.32. The fraction of sp³-hybridized carbons (Fsp3) is 0.238. The Bertz CT molecular complexity index is 910. The van der Waals surface area contributed by atoms with E-state index in [1.165, 1.54) is 6.08 Å². The number of rotatable bonds is 7. The molecule has 0 heterocycles. The van der Waals surface area contributed by atoms with Gasteiger partial charge in [-0.25, -0.2) is 0 Å². The summed E-state index contributed by atoms with van der Waals surface area (Å²) in [4.78, 5) is 11.3. The quantitative estimate of drug-likeness (QED) is 0.568. The highest BCUT2D eigenvalue weighted by atomic mass is 35.5. The van der Waals surface area contributed by atoms with Crippen molar-refractivity contribution >= 4 is 23.6 Å². The molecule has 0 saturated carbocycles. The molecule has 0 spiro atoms. The summed E-state index contributed by atoms with van der Waals surface area (Å²) in [6.45, 7) is 6.64. The van der Waals surface area contributed by atoms with E-state index in [9.17, 15) is 4.79 Å². The van der Waals surface area contributed by atoms with Gasteiger partial charge < -0.3 is 15.2 Å². The van der Waals surface area contributed by atoms with Crippen LogP contribution >= 0.6 is 11.6 Å². The lowest BCUT2D eigenvalue weighted by Crippen LogP contribution is -2.12. The molecule has 0 unspecified atom stereocenters. The Labute approximate surface area is 164 Å². The van der Waals surface area contributed by atoms with Crippen LogP contribution in [0.15, 0.2) is 35.9 Å². The van der Waals surface area contributed by atoms with Gasteiger partial charge in [0.15, 0.2) is 11.5 Å². The maximum atomic E-state index is 11.3. The number of benzene rings is 2. The van der Waals surface area contributed by atoms with Gasteiger partial charge in [0.25, 0.3) is 5.91 Å². The first-order valence-electron chi connectivity index (χ1n) is 8.42. The van der Waals surface area contributed by atoms with Gasteiger partial charge in [-0.05, 0) is 50.1 Å². The van der Waals surface area contributed by atoms with Gasteiger partial charge in [0.1, 0.15) is 18.2 Å². The molecule has 0 saturated heterocycles. The summed E-state index contributed by atoms with van der Waals surface area (Å²) in [5, 5.41) is 9.32. The fourth-order valence-corrected chi connectivity index (χ4v) is 2.98. The van der Waals surface area contributed by atoms with Crippen LogP contribution in [-0.4, -0.2) is 12.5 Å². The summed E-state index contributed by atoms with van der Waals surface area (Å²) in [5.41, 5.74) is 8.86. The molecule has 5 nitrogen and oxygen atoms in total. The standard InChI is InChI=1S/C21H21ClN2O3/c1-4-26-19-10-15(8-17(11-23)21(24)25)9-18(22)20(19)27-12-16-6-13(2)5-14(3)7-16/h5-10H,4,12H2,1-3H3,(H2,24,25)/b17-8+. The minimum atomic E-state index is -0.804. The molecule has 2 aromatic rings. The van der Waals surface area contributed by atoms with E-state index < -0.39 is 5.91 Å². The van der Waals surface area contributed by atoms with E-state index in [1.807, 2.05) is 32.9 Å². The molecular weight excluding hydrogens is 364 g/mol. The maximum Gasteiger partial charge on any atom is 0.259 e. The molecule has 2 aromatic carbocycles. The minimum Gasteiger partial charge on any atom is -0.490 e. The highest BCUT2D eigenvalue weighted by Crippen LogP contribution is 2.38. The number of hydrogen-bond acceptors (Lipinski definition) is 4. The Morgan fingerprint density at radius 2 is 1.85 bits per heavy atom. The van der Waals surface area contributed by atoms with Crippen LogP contribution in [0.5, 0.6) is 11.5 Å². The van der Waals surface area contributed by atoms with Crippen LogP contribution in [0.4, 0.5) is 0 Å². The van der Waals surface area contributed by atoms with Gasteiger partial charge in [-0.15, -0.1) is 0 Å². The number of carbonyl (C=O) groups is 1. The second-order valence-corrected chi connectivity index (χ2v) is 6.49. The van der Waals surface area contributed by atoms with E-state index in [1.54, 1.807) is 18.2 Å². The third-order valence-electron chi connectivity index (χ3n) is 3.69. The number of carbonyl (C=O) groups excluding carboxylic acids is 1. The first kappa shape index (κ1) is 20.3. The number of hydrogen-bond donors (Lipinski definition) is 1. The normalized spacial score (nSPS) is 11.0. The van der Waals surface area contributed by atoms with Gasteiger partial charge in [-0.2, -0.15) is 5.26 Å². The van der Waals surface area contributed by atoms with E-state index in [-0.39, 0.29) is 5.57 Å². The average molecular weight is 385 g/mol. The van der Waals surface area contributed by atoms with Crippen molar-refractivity contribution in [2.24, 2.45) is 5.73 Å². The Balaban J connectivity index is 2.35. The molecule has 2 rings (SSSR count). The monoisotopic (exact) mass is 384 g/mol. The Morgan fingerprint density at radius 3 is 2.41 bits per heavy atom. The van der Waals surface area contributed by atoms with E-state index >= 15 is 0 Å². The predicted molar refractivity (Wildman–Crippen MR) is 106 cm³/mol. The van der Waals surface area contributed by atoms with Gasteiger partial charge >= 0.3 is 0 Å². The molecule has 0 aromatic heterocycles. The molecule has 0 aliphatic carbocycles. The second kappa shape index (κ2) is 9.11. The summed E-state index contributed by atoms with van der Waals surface area (Å²) in [5.74, 6) is 0.0384. The van der Waals surface area contributed by atoms with Crippen molar-refractivity contribution in [3.63, 3.8) is 0 Å². The van der Waals surface area contributed by atoms with Crippen LogP contribution in [0.25, 0.3) is 6.08 Å². The topological polar surface area (TPSA) is 85.3 Å². The van der Waals surface area contributed by atoms with Crippen molar-refractivity contribution in [2.75, 3.05) is 6.61 Å². The van der Waals surface area contributed by atoms with Crippen LogP contribution in [0, 0.1) is 25.2 Å². The van der Waals surface area contributed by atoms with Crippen molar-refractivity contribution < 1.29 is 14.3 Å². The lowest BCUT2D eigenvalue weighted by atomic mass is 10.1. The lowest BCUT2D eigenvalue weighted by molar-refractivity contribution is -0.114. The first-order valence-corrected chi connectivity index (χ1v) is 8.79. The van der Waals surface area contributed by atoms with Crippen molar-refractivity contribution in [3.8, 4) is 17.6 Å². The van der Waals surface area contributed by atoms with Crippen molar-refractivity contribution in [1.82, 2.24) is 0 Å². The van der Waals surface area contributed by atoms with E-state index in [0.29, 0.717) is 35.3 Å². The zero-order valence-corrected chi connectivity index (χ0v) is 16.3. The summed E-state index contributed by atoms with van der Waals surface area (Å²) < 4.78 is 11.5. The summed E-state index contributed by atoms with van der Waals surface area (Å²) in [7, 11) is 0. The zero-order valence-electron chi connectivity index (χ0n) is 15.5. The summed E-state index contributed by atoms with van der Waals surface area (Å²) >= 11 is 6.37. The number of halogens is 1. The summed E-state index contributed by atoms with van der Waals surface area (Å²) in [6, 6.07) is 11.2. The van der Waals surface area contributed by atoms with E-state index in [4.69, 9.17) is 32.1 Å².